The van der Waals surface area contributed by atoms with Crippen LogP contribution in [-0.2, 0) is 4.79 Å². The summed E-state index contributed by atoms with van der Waals surface area (Å²) in [7, 11) is 1.94. The monoisotopic (exact) mass is 328 g/mol. The summed E-state index contributed by atoms with van der Waals surface area (Å²) in [6.07, 6.45) is 6.14. The van der Waals surface area contributed by atoms with E-state index in [2.05, 4.69) is 10.6 Å². The lowest BCUT2D eigenvalue weighted by Gasteiger charge is -2.36. The van der Waals surface area contributed by atoms with Crippen molar-refractivity contribution < 1.29 is 4.79 Å². The summed E-state index contributed by atoms with van der Waals surface area (Å²) in [4.78, 5) is 12.3. The summed E-state index contributed by atoms with van der Waals surface area (Å²) in [5.41, 5.74) is 1.40. The maximum atomic E-state index is 12.3. The summed E-state index contributed by atoms with van der Waals surface area (Å²) < 4.78 is 0. The van der Waals surface area contributed by atoms with Crippen molar-refractivity contribution in [3.63, 3.8) is 0 Å². The van der Waals surface area contributed by atoms with E-state index in [1.165, 1.54) is 19.3 Å². The van der Waals surface area contributed by atoms with E-state index >= 15 is 0 Å². The largest absolute Gasteiger partial charge is 0.325 e. The lowest BCUT2D eigenvalue weighted by molar-refractivity contribution is -0.117. The average molecular weight is 329 g/mol. The second-order valence-electron chi connectivity index (χ2n) is 5.90. The quantitative estimate of drug-likeness (QED) is 0.851. The molecule has 0 heterocycles. The number of aryl methyl sites for hydroxylation is 1. The molecule has 5 heteroatoms. The Morgan fingerprint density at radius 1 is 1.19 bits per heavy atom. The van der Waals surface area contributed by atoms with E-state index in [0.717, 1.165) is 18.4 Å². The fourth-order valence-electron chi connectivity index (χ4n) is 2.99. The summed E-state index contributed by atoms with van der Waals surface area (Å²) >= 11 is 12.3. The van der Waals surface area contributed by atoms with Gasteiger partial charge in [0, 0.05) is 17.0 Å². The minimum absolute atomic E-state index is 0.0203. The number of nitrogens with one attached hydrogen (secondary N) is 2. The van der Waals surface area contributed by atoms with Gasteiger partial charge in [-0.25, -0.2) is 0 Å². The van der Waals surface area contributed by atoms with E-state index in [1.807, 2.05) is 14.0 Å². The average Bonchev–Trinajstić information content (AvgIpc) is 2.45. The molecular formula is C16H22Cl2N2O. The molecule has 1 aromatic rings. The van der Waals surface area contributed by atoms with Crippen LogP contribution in [0.25, 0.3) is 0 Å². The van der Waals surface area contributed by atoms with Crippen LogP contribution in [0.4, 0.5) is 5.69 Å². The maximum absolute atomic E-state index is 12.3. The number of hydrogen-bond donors (Lipinski definition) is 2. The van der Waals surface area contributed by atoms with Gasteiger partial charge in [0.1, 0.15) is 0 Å². The van der Waals surface area contributed by atoms with Crippen molar-refractivity contribution in [3.8, 4) is 0 Å². The van der Waals surface area contributed by atoms with Crippen LogP contribution in [0.5, 0.6) is 0 Å². The van der Waals surface area contributed by atoms with E-state index in [4.69, 9.17) is 23.2 Å². The number of benzene rings is 1. The van der Waals surface area contributed by atoms with Gasteiger partial charge in [-0.2, -0.15) is 0 Å². The van der Waals surface area contributed by atoms with E-state index in [0.29, 0.717) is 22.2 Å². The van der Waals surface area contributed by atoms with Crippen LogP contribution in [0.1, 0.15) is 44.1 Å². The molecular weight excluding hydrogens is 307 g/mol. The van der Waals surface area contributed by atoms with E-state index in [9.17, 15) is 4.79 Å². The minimum Gasteiger partial charge on any atom is -0.325 e. The Morgan fingerprint density at radius 3 is 2.48 bits per heavy atom. The van der Waals surface area contributed by atoms with Crippen LogP contribution < -0.4 is 10.6 Å². The molecule has 1 aromatic carbocycles. The molecule has 0 aromatic heterocycles. The number of anilines is 1. The molecule has 1 fully saturated rings. The van der Waals surface area contributed by atoms with Gasteiger partial charge in [0.25, 0.3) is 0 Å². The van der Waals surface area contributed by atoms with Crippen molar-refractivity contribution in [2.24, 2.45) is 0 Å². The molecule has 1 aliphatic carbocycles. The van der Waals surface area contributed by atoms with Gasteiger partial charge in [-0.05, 0) is 44.5 Å². The predicted molar refractivity (Wildman–Crippen MR) is 89.3 cm³/mol. The lowest BCUT2D eigenvalue weighted by atomic mass is 9.79. The lowest BCUT2D eigenvalue weighted by Crippen LogP contribution is -2.47. The third-order valence-electron chi connectivity index (χ3n) is 4.36. The predicted octanol–water partition coefficient (Wildman–Crippen LogP) is 4.55. The molecule has 2 N–H and O–H groups in total. The molecule has 0 bridgehead atoms. The van der Waals surface area contributed by atoms with Gasteiger partial charge in [0.15, 0.2) is 0 Å². The maximum Gasteiger partial charge on any atom is 0.226 e. The second-order valence-corrected chi connectivity index (χ2v) is 6.71. The Kier molecular flexibility index (Phi) is 5.53. The number of carbonyl (C=O) groups is 1. The van der Waals surface area contributed by atoms with Crippen LogP contribution in [0.3, 0.4) is 0 Å². The number of halogens is 2. The third-order valence-corrected chi connectivity index (χ3v) is 5.08. The Balaban J connectivity index is 2.06. The van der Waals surface area contributed by atoms with Gasteiger partial charge in [-0.3, -0.25) is 4.79 Å². The molecule has 0 saturated heterocycles. The minimum atomic E-state index is -0.0801. The van der Waals surface area contributed by atoms with E-state index in [-0.39, 0.29) is 11.4 Å². The van der Waals surface area contributed by atoms with Gasteiger partial charge in [-0.1, -0.05) is 42.5 Å². The highest BCUT2D eigenvalue weighted by Gasteiger charge is 2.32. The molecule has 116 valence electrons. The van der Waals surface area contributed by atoms with Crippen molar-refractivity contribution in [1.29, 1.82) is 0 Å². The van der Waals surface area contributed by atoms with Gasteiger partial charge < -0.3 is 10.6 Å². The molecule has 0 unspecified atom stereocenters. The second kappa shape index (κ2) is 6.99. The highest BCUT2D eigenvalue weighted by atomic mass is 35.5. The number of carbonyl (C=O) groups excluding carboxylic acids is 1. The zero-order valence-corrected chi connectivity index (χ0v) is 14.1. The van der Waals surface area contributed by atoms with Crippen molar-refractivity contribution in [2.45, 2.75) is 51.0 Å². The van der Waals surface area contributed by atoms with Crippen molar-refractivity contribution in [1.82, 2.24) is 5.32 Å². The molecule has 21 heavy (non-hydrogen) atoms. The zero-order valence-electron chi connectivity index (χ0n) is 12.6. The van der Waals surface area contributed by atoms with Crippen LogP contribution in [0.2, 0.25) is 10.0 Å². The van der Waals surface area contributed by atoms with Crippen molar-refractivity contribution >= 4 is 34.8 Å². The highest BCUT2D eigenvalue weighted by Crippen LogP contribution is 2.32. The Bertz CT molecular complexity index is 525. The zero-order chi connectivity index (χ0) is 15.5. The number of rotatable bonds is 4. The Morgan fingerprint density at radius 2 is 1.86 bits per heavy atom. The molecule has 0 radical (unpaired) electrons. The molecule has 0 spiro atoms. The Hall–Kier alpha value is -0.770. The van der Waals surface area contributed by atoms with Crippen LogP contribution in [0.15, 0.2) is 12.1 Å². The molecule has 1 amide bonds. The van der Waals surface area contributed by atoms with Gasteiger partial charge in [-0.15, -0.1) is 0 Å². The van der Waals surface area contributed by atoms with Crippen LogP contribution in [-0.4, -0.2) is 18.5 Å². The Labute approximate surface area is 136 Å². The topological polar surface area (TPSA) is 41.1 Å². The summed E-state index contributed by atoms with van der Waals surface area (Å²) in [6, 6.07) is 3.48. The number of amides is 1. The standard InChI is InChI=1S/C16H22Cl2N2O/c1-11-8-13(18)14(9-12(11)17)20-15(21)10-16(19-2)6-4-3-5-7-16/h8-9,19H,3-7,10H2,1-2H3,(H,20,21). The SMILES string of the molecule is CNC1(CC(=O)Nc2cc(Cl)c(C)cc2Cl)CCCCC1. The van der Waals surface area contributed by atoms with Gasteiger partial charge in [0.05, 0.1) is 10.7 Å². The summed E-state index contributed by atoms with van der Waals surface area (Å²) in [5.74, 6) is -0.0203. The molecule has 1 saturated carbocycles. The molecule has 0 aliphatic heterocycles. The fraction of sp³-hybridized carbons (Fsp3) is 0.562. The van der Waals surface area contributed by atoms with Gasteiger partial charge in [0.2, 0.25) is 5.91 Å². The summed E-state index contributed by atoms with van der Waals surface area (Å²) in [5, 5.41) is 7.37. The van der Waals surface area contributed by atoms with Crippen molar-refractivity contribution in [2.75, 3.05) is 12.4 Å². The molecule has 2 rings (SSSR count). The first kappa shape index (κ1) is 16.6. The first-order valence-corrected chi connectivity index (χ1v) is 8.16. The van der Waals surface area contributed by atoms with E-state index < -0.39 is 0 Å². The molecule has 0 atom stereocenters. The van der Waals surface area contributed by atoms with Crippen molar-refractivity contribution in [3.05, 3.63) is 27.7 Å². The fourth-order valence-corrected chi connectivity index (χ4v) is 3.42. The van der Waals surface area contributed by atoms with Crippen LogP contribution >= 0.6 is 23.2 Å². The molecule has 3 nitrogen and oxygen atoms in total. The summed E-state index contributed by atoms with van der Waals surface area (Å²) in [6.45, 7) is 1.89. The van der Waals surface area contributed by atoms with E-state index in [1.54, 1.807) is 12.1 Å². The van der Waals surface area contributed by atoms with Gasteiger partial charge >= 0.3 is 0 Å². The first-order valence-electron chi connectivity index (χ1n) is 7.40. The molecule has 1 aliphatic rings. The number of hydrogen-bond acceptors (Lipinski definition) is 2. The third kappa shape index (κ3) is 4.12. The van der Waals surface area contributed by atoms with Crippen LogP contribution in [0, 0.1) is 6.92 Å². The smallest absolute Gasteiger partial charge is 0.226 e. The normalized spacial score (nSPS) is 17.5. The first-order chi connectivity index (χ1) is 9.96. The highest BCUT2D eigenvalue weighted by molar-refractivity contribution is 6.36.